The minimum Gasteiger partial charge on any atom is -0.396 e. The first-order chi connectivity index (χ1) is 12.4. The van der Waals surface area contributed by atoms with Crippen LogP contribution in [0.2, 0.25) is 0 Å². The molecule has 1 fully saturated rings. The van der Waals surface area contributed by atoms with Crippen LogP contribution in [0.1, 0.15) is 23.6 Å². The van der Waals surface area contributed by atoms with Crippen molar-refractivity contribution < 1.29 is 18.3 Å². The molecule has 3 nitrogen and oxygen atoms in total. The Morgan fingerprint density at radius 3 is 2.38 bits per heavy atom. The van der Waals surface area contributed by atoms with E-state index in [4.69, 9.17) is 0 Å². The maximum atomic E-state index is 13.5. The molecule has 0 aliphatic carbocycles. The SMILES string of the molecule is CN(c1ccccc1C(F)(F)F)C1C(CCO)CNC1c1ccccc1. The molecule has 0 bridgehead atoms. The molecule has 1 saturated heterocycles. The molecule has 1 aliphatic rings. The highest BCUT2D eigenvalue weighted by atomic mass is 19.4. The molecule has 3 atom stereocenters. The molecule has 2 N–H and O–H groups in total. The number of rotatable bonds is 5. The average Bonchev–Trinajstić information content (AvgIpc) is 3.05. The van der Waals surface area contributed by atoms with Crippen LogP contribution >= 0.6 is 0 Å². The number of nitrogens with one attached hydrogen (secondary N) is 1. The van der Waals surface area contributed by atoms with E-state index in [1.807, 2.05) is 30.3 Å². The van der Waals surface area contributed by atoms with Crippen LogP contribution in [0.4, 0.5) is 18.9 Å². The van der Waals surface area contributed by atoms with E-state index in [2.05, 4.69) is 5.32 Å². The molecule has 0 saturated carbocycles. The second-order valence-electron chi connectivity index (χ2n) is 6.69. The van der Waals surface area contributed by atoms with Gasteiger partial charge in [0, 0.05) is 25.9 Å². The van der Waals surface area contributed by atoms with Crippen molar-refractivity contribution in [2.45, 2.75) is 24.7 Å². The van der Waals surface area contributed by atoms with Gasteiger partial charge in [-0.1, -0.05) is 42.5 Å². The molecular weight excluding hydrogens is 341 g/mol. The zero-order chi connectivity index (χ0) is 18.7. The number of hydrogen-bond donors (Lipinski definition) is 2. The van der Waals surface area contributed by atoms with Crippen LogP contribution < -0.4 is 10.2 Å². The van der Waals surface area contributed by atoms with E-state index in [1.165, 1.54) is 12.1 Å². The third-order valence-electron chi connectivity index (χ3n) is 5.12. The van der Waals surface area contributed by atoms with Gasteiger partial charge in [-0.25, -0.2) is 0 Å². The number of halogens is 3. The van der Waals surface area contributed by atoms with Crippen molar-refractivity contribution in [1.82, 2.24) is 5.32 Å². The number of aliphatic hydroxyl groups excluding tert-OH is 1. The molecule has 140 valence electrons. The van der Waals surface area contributed by atoms with Gasteiger partial charge in [-0.15, -0.1) is 0 Å². The van der Waals surface area contributed by atoms with Crippen LogP contribution in [0, 0.1) is 5.92 Å². The van der Waals surface area contributed by atoms with Gasteiger partial charge in [0.15, 0.2) is 0 Å². The first kappa shape index (κ1) is 18.7. The summed E-state index contributed by atoms with van der Waals surface area (Å²) in [5, 5.41) is 12.8. The van der Waals surface area contributed by atoms with Gasteiger partial charge in [0.05, 0.1) is 17.6 Å². The number of hydrogen-bond acceptors (Lipinski definition) is 3. The molecule has 0 amide bonds. The molecule has 26 heavy (non-hydrogen) atoms. The van der Waals surface area contributed by atoms with Crippen molar-refractivity contribution in [3.63, 3.8) is 0 Å². The normalized spacial score (nSPS) is 23.2. The minimum atomic E-state index is -4.41. The molecule has 6 heteroatoms. The van der Waals surface area contributed by atoms with Gasteiger partial charge < -0.3 is 15.3 Å². The van der Waals surface area contributed by atoms with Gasteiger partial charge in [0.2, 0.25) is 0 Å². The second kappa shape index (κ2) is 7.68. The van der Waals surface area contributed by atoms with E-state index >= 15 is 0 Å². The maximum absolute atomic E-state index is 13.5. The number of para-hydroxylation sites is 1. The van der Waals surface area contributed by atoms with Gasteiger partial charge in [-0.2, -0.15) is 13.2 Å². The molecule has 0 radical (unpaired) electrons. The van der Waals surface area contributed by atoms with Crippen LogP contribution in [0.5, 0.6) is 0 Å². The van der Waals surface area contributed by atoms with Gasteiger partial charge >= 0.3 is 6.18 Å². The topological polar surface area (TPSA) is 35.5 Å². The average molecular weight is 364 g/mol. The summed E-state index contributed by atoms with van der Waals surface area (Å²) in [5.74, 6) is 0.0523. The van der Waals surface area contributed by atoms with Crippen LogP contribution in [-0.4, -0.2) is 31.3 Å². The lowest BCUT2D eigenvalue weighted by atomic mass is 9.90. The zero-order valence-electron chi connectivity index (χ0n) is 14.6. The highest BCUT2D eigenvalue weighted by Crippen LogP contribution is 2.41. The lowest BCUT2D eigenvalue weighted by Crippen LogP contribution is -2.41. The quantitative estimate of drug-likeness (QED) is 0.846. The van der Waals surface area contributed by atoms with Gasteiger partial charge in [0.25, 0.3) is 0 Å². The van der Waals surface area contributed by atoms with E-state index < -0.39 is 11.7 Å². The van der Waals surface area contributed by atoms with Gasteiger partial charge in [0.1, 0.15) is 0 Å². The van der Waals surface area contributed by atoms with Crippen molar-refractivity contribution in [2.75, 3.05) is 25.1 Å². The predicted octanol–water partition coefficient (Wildman–Crippen LogP) is 3.85. The van der Waals surface area contributed by atoms with Crippen molar-refractivity contribution in [1.29, 1.82) is 0 Å². The first-order valence-corrected chi connectivity index (χ1v) is 8.71. The number of nitrogens with zero attached hydrogens (tertiary/aromatic N) is 1. The van der Waals surface area contributed by atoms with E-state index in [9.17, 15) is 18.3 Å². The number of aliphatic hydroxyl groups is 1. The molecule has 2 aromatic carbocycles. The number of likely N-dealkylation sites (N-methyl/N-ethyl adjacent to an activating group) is 1. The van der Waals surface area contributed by atoms with E-state index in [1.54, 1.807) is 18.0 Å². The Balaban J connectivity index is 2.00. The highest BCUT2D eigenvalue weighted by molar-refractivity contribution is 5.56. The van der Waals surface area contributed by atoms with Gasteiger partial charge in [-0.3, -0.25) is 0 Å². The summed E-state index contributed by atoms with van der Waals surface area (Å²) in [7, 11) is 1.71. The molecule has 1 heterocycles. The number of alkyl halides is 3. The predicted molar refractivity (Wildman–Crippen MR) is 96.0 cm³/mol. The van der Waals surface area contributed by atoms with Crippen molar-refractivity contribution >= 4 is 5.69 Å². The molecule has 3 rings (SSSR count). The maximum Gasteiger partial charge on any atom is 0.418 e. The van der Waals surface area contributed by atoms with Crippen molar-refractivity contribution in [2.24, 2.45) is 5.92 Å². The van der Waals surface area contributed by atoms with Crippen molar-refractivity contribution in [3.05, 3.63) is 65.7 Å². The monoisotopic (exact) mass is 364 g/mol. The van der Waals surface area contributed by atoms with E-state index in [0.717, 1.165) is 11.6 Å². The smallest absolute Gasteiger partial charge is 0.396 e. The standard InChI is InChI=1S/C20H23F3N2O/c1-25(17-10-6-5-9-16(17)20(21,22)23)19-15(11-12-26)13-24-18(19)14-7-3-2-4-8-14/h2-10,15,18-19,24,26H,11-13H2,1H3. The fourth-order valence-corrected chi connectivity index (χ4v) is 3.93. The highest BCUT2D eigenvalue weighted by Gasteiger charge is 2.42. The third-order valence-corrected chi connectivity index (χ3v) is 5.12. The Morgan fingerprint density at radius 1 is 1.08 bits per heavy atom. The Morgan fingerprint density at radius 2 is 1.73 bits per heavy atom. The lowest BCUT2D eigenvalue weighted by Gasteiger charge is -2.36. The first-order valence-electron chi connectivity index (χ1n) is 8.71. The summed E-state index contributed by atoms with van der Waals surface area (Å²) in [5.41, 5.74) is 0.566. The molecule has 3 unspecified atom stereocenters. The third kappa shape index (κ3) is 3.71. The van der Waals surface area contributed by atoms with Crippen molar-refractivity contribution in [3.8, 4) is 0 Å². The Kier molecular flexibility index (Phi) is 5.53. The molecule has 1 aliphatic heterocycles. The number of benzene rings is 2. The van der Waals surface area contributed by atoms with Gasteiger partial charge in [-0.05, 0) is 30.0 Å². The molecule has 2 aromatic rings. The molecule has 0 spiro atoms. The summed E-state index contributed by atoms with van der Waals surface area (Å²) in [6.07, 6.45) is -3.87. The zero-order valence-corrected chi connectivity index (χ0v) is 14.6. The molecular formula is C20H23F3N2O. The minimum absolute atomic E-state index is 0.0130. The lowest BCUT2D eigenvalue weighted by molar-refractivity contribution is -0.137. The Hall–Kier alpha value is -2.05. The van der Waals surface area contributed by atoms with E-state index in [-0.39, 0.29) is 30.3 Å². The Bertz CT molecular complexity index is 720. The van der Waals surface area contributed by atoms with E-state index in [0.29, 0.717) is 13.0 Å². The van der Waals surface area contributed by atoms with Crippen LogP contribution in [0.25, 0.3) is 0 Å². The van der Waals surface area contributed by atoms with Crippen LogP contribution in [0.15, 0.2) is 54.6 Å². The van der Waals surface area contributed by atoms with Crippen LogP contribution in [0.3, 0.4) is 0 Å². The summed E-state index contributed by atoms with van der Waals surface area (Å²) < 4.78 is 40.4. The summed E-state index contributed by atoms with van der Waals surface area (Å²) in [4.78, 5) is 1.72. The summed E-state index contributed by atoms with van der Waals surface area (Å²) >= 11 is 0. The van der Waals surface area contributed by atoms with Crippen LogP contribution in [-0.2, 0) is 6.18 Å². The summed E-state index contributed by atoms with van der Waals surface area (Å²) in [6.45, 7) is 0.669. The fourth-order valence-electron chi connectivity index (χ4n) is 3.93. The second-order valence-corrected chi connectivity index (χ2v) is 6.69. The fraction of sp³-hybridized carbons (Fsp3) is 0.400. The Labute approximate surface area is 151 Å². The number of anilines is 1. The molecule has 0 aromatic heterocycles. The summed E-state index contributed by atoms with van der Waals surface area (Å²) in [6, 6.07) is 15.1. The largest absolute Gasteiger partial charge is 0.418 e.